The van der Waals surface area contributed by atoms with Gasteiger partial charge in [-0.3, -0.25) is 4.79 Å². The van der Waals surface area contributed by atoms with Crippen LogP contribution in [0.2, 0.25) is 10.2 Å². The van der Waals surface area contributed by atoms with E-state index in [2.05, 4.69) is 15.0 Å². The fraction of sp³-hybridized carbons (Fsp3) is 0.0769. The van der Waals surface area contributed by atoms with E-state index in [1.807, 2.05) is 0 Å². The van der Waals surface area contributed by atoms with E-state index >= 15 is 0 Å². The van der Waals surface area contributed by atoms with Gasteiger partial charge in [-0.25, -0.2) is 4.98 Å². The second kappa shape index (κ2) is 6.69. The third kappa shape index (κ3) is 4.03. The summed E-state index contributed by atoms with van der Waals surface area (Å²) in [6.07, 6.45) is 1.22. The van der Waals surface area contributed by atoms with Crippen LogP contribution in [0.1, 0.15) is 10.4 Å². The SMILES string of the molecule is O=C(Nc1ccccc1OC(F)F)c1cc(Cl)ncc1Cl. The summed E-state index contributed by atoms with van der Waals surface area (Å²) in [5.41, 5.74) is 0.162. The molecule has 21 heavy (non-hydrogen) atoms. The zero-order valence-electron chi connectivity index (χ0n) is 10.3. The van der Waals surface area contributed by atoms with E-state index in [1.165, 1.54) is 30.5 Å². The Morgan fingerprint density at radius 1 is 1.29 bits per heavy atom. The Balaban J connectivity index is 2.25. The lowest BCUT2D eigenvalue weighted by molar-refractivity contribution is -0.0493. The summed E-state index contributed by atoms with van der Waals surface area (Å²) in [6.45, 7) is -3.00. The summed E-state index contributed by atoms with van der Waals surface area (Å²) in [4.78, 5) is 15.8. The second-order valence-electron chi connectivity index (χ2n) is 3.82. The highest BCUT2D eigenvalue weighted by molar-refractivity contribution is 6.35. The van der Waals surface area contributed by atoms with Crippen LogP contribution in [0.5, 0.6) is 5.75 Å². The molecule has 0 unspecified atom stereocenters. The molecule has 1 N–H and O–H groups in total. The monoisotopic (exact) mass is 332 g/mol. The molecule has 8 heteroatoms. The van der Waals surface area contributed by atoms with E-state index in [0.29, 0.717) is 0 Å². The summed E-state index contributed by atoms with van der Waals surface area (Å²) in [5.74, 6) is -0.772. The van der Waals surface area contributed by atoms with E-state index in [1.54, 1.807) is 6.07 Å². The first kappa shape index (κ1) is 15.5. The Bertz CT molecular complexity index is 668. The number of ether oxygens (including phenoxy) is 1. The molecule has 0 saturated carbocycles. The Hall–Kier alpha value is -1.92. The predicted octanol–water partition coefficient (Wildman–Crippen LogP) is 4.24. The van der Waals surface area contributed by atoms with Gasteiger partial charge in [-0.05, 0) is 18.2 Å². The standard InChI is InChI=1S/C13H8Cl2F2N2O2/c14-8-6-18-11(15)5-7(8)12(20)19-9-3-1-2-4-10(9)21-13(16)17/h1-6,13H,(H,19,20). The molecule has 1 aromatic heterocycles. The van der Waals surface area contributed by atoms with E-state index < -0.39 is 12.5 Å². The summed E-state index contributed by atoms with van der Waals surface area (Å²) in [5, 5.41) is 2.60. The molecule has 1 aromatic carbocycles. The molecule has 1 amide bonds. The van der Waals surface area contributed by atoms with Crippen molar-refractivity contribution in [2.45, 2.75) is 6.61 Å². The maximum absolute atomic E-state index is 12.3. The molecule has 0 radical (unpaired) electrons. The average molecular weight is 333 g/mol. The molecule has 0 spiro atoms. The van der Waals surface area contributed by atoms with Crippen molar-refractivity contribution in [2.75, 3.05) is 5.32 Å². The molecule has 0 bridgehead atoms. The topological polar surface area (TPSA) is 51.2 Å². The van der Waals surface area contributed by atoms with Gasteiger partial charge in [-0.2, -0.15) is 8.78 Å². The Morgan fingerprint density at radius 3 is 2.71 bits per heavy atom. The van der Waals surface area contributed by atoms with Crippen LogP contribution in [0.25, 0.3) is 0 Å². The minimum atomic E-state index is -3.00. The zero-order valence-corrected chi connectivity index (χ0v) is 11.8. The fourth-order valence-electron chi connectivity index (χ4n) is 1.55. The number of nitrogens with zero attached hydrogens (tertiary/aromatic N) is 1. The number of carbonyl (C=O) groups is 1. The number of benzene rings is 1. The van der Waals surface area contributed by atoms with Gasteiger partial charge in [0, 0.05) is 6.20 Å². The highest BCUT2D eigenvalue weighted by atomic mass is 35.5. The molecule has 0 atom stereocenters. The summed E-state index contributed by atoms with van der Waals surface area (Å²) >= 11 is 11.5. The summed E-state index contributed by atoms with van der Waals surface area (Å²) in [7, 11) is 0. The van der Waals surface area contributed by atoms with E-state index in [4.69, 9.17) is 23.2 Å². The molecular weight excluding hydrogens is 325 g/mol. The number of anilines is 1. The summed E-state index contributed by atoms with van der Waals surface area (Å²) < 4.78 is 28.9. The maximum atomic E-state index is 12.3. The molecular formula is C13H8Cl2F2N2O2. The molecule has 0 fully saturated rings. The van der Waals surface area contributed by atoms with Gasteiger partial charge in [0.25, 0.3) is 5.91 Å². The van der Waals surface area contributed by atoms with E-state index in [0.717, 1.165) is 0 Å². The normalized spacial score (nSPS) is 10.5. The highest BCUT2D eigenvalue weighted by Gasteiger charge is 2.15. The number of amides is 1. The van der Waals surface area contributed by atoms with Crippen molar-refractivity contribution >= 4 is 34.8 Å². The number of carbonyl (C=O) groups excluding carboxylic acids is 1. The van der Waals surface area contributed by atoms with Crippen molar-refractivity contribution in [3.8, 4) is 5.75 Å². The molecule has 0 aliphatic rings. The van der Waals surface area contributed by atoms with Crippen molar-refractivity contribution in [2.24, 2.45) is 0 Å². The number of para-hydroxylation sites is 2. The quantitative estimate of drug-likeness (QED) is 0.852. The van der Waals surface area contributed by atoms with Gasteiger partial charge in [0.1, 0.15) is 10.9 Å². The van der Waals surface area contributed by atoms with Gasteiger partial charge in [-0.1, -0.05) is 35.3 Å². The first-order valence-electron chi connectivity index (χ1n) is 5.63. The predicted molar refractivity (Wildman–Crippen MR) is 75.3 cm³/mol. The molecule has 0 aliphatic heterocycles. The number of halogens is 4. The number of hydrogen-bond donors (Lipinski definition) is 1. The van der Waals surface area contributed by atoms with Crippen LogP contribution in [-0.4, -0.2) is 17.5 Å². The van der Waals surface area contributed by atoms with E-state index in [-0.39, 0.29) is 27.2 Å². The van der Waals surface area contributed by atoms with Crippen molar-refractivity contribution < 1.29 is 18.3 Å². The zero-order chi connectivity index (χ0) is 15.4. The van der Waals surface area contributed by atoms with Gasteiger partial charge in [-0.15, -0.1) is 0 Å². The first-order chi connectivity index (χ1) is 9.97. The van der Waals surface area contributed by atoms with Crippen LogP contribution in [0.15, 0.2) is 36.5 Å². The van der Waals surface area contributed by atoms with Crippen molar-refractivity contribution in [3.05, 3.63) is 52.3 Å². The molecule has 2 rings (SSSR count). The number of hydrogen-bond acceptors (Lipinski definition) is 3. The Morgan fingerprint density at radius 2 is 2.00 bits per heavy atom. The van der Waals surface area contributed by atoms with Crippen LogP contribution in [0.4, 0.5) is 14.5 Å². The molecule has 2 aromatic rings. The lowest BCUT2D eigenvalue weighted by Crippen LogP contribution is -2.14. The number of pyridine rings is 1. The Kier molecular flexibility index (Phi) is 4.93. The lowest BCUT2D eigenvalue weighted by atomic mass is 10.2. The first-order valence-corrected chi connectivity index (χ1v) is 6.39. The molecule has 110 valence electrons. The minimum Gasteiger partial charge on any atom is -0.433 e. The molecule has 0 saturated heterocycles. The highest BCUT2D eigenvalue weighted by Crippen LogP contribution is 2.27. The molecule has 1 heterocycles. The van der Waals surface area contributed by atoms with E-state index in [9.17, 15) is 13.6 Å². The largest absolute Gasteiger partial charge is 0.433 e. The van der Waals surface area contributed by atoms with Gasteiger partial charge in [0.2, 0.25) is 0 Å². The van der Waals surface area contributed by atoms with Crippen molar-refractivity contribution in [3.63, 3.8) is 0 Å². The minimum absolute atomic E-state index is 0.0727. The van der Waals surface area contributed by atoms with Gasteiger partial charge >= 0.3 is 6.61 Å². The summed E-state index contributed by atoms with van der Waals surface area (Å²) in [6, 6.07) is 7.07. The number of rotatable bonds is 4. The van der Waals surface area contributed by atoms with Gasteiger partial charge in [0.05, 0.1) is 16.3 Å². The maximum Gasteiger partial charge on any atom is 0.387 e. The number of aromatic nitrogens is 1. The molecule has 4 nitrogen and oxygen atoms in total. The van der Waals surface area contributed by atoms with Crippen LogP contribution >= 0.6 is 23.2 Å². The van der Waals surface area contributed by atoms with Gasteiger partial charge < -0.3 is 10.1 Å². The van der Waals surface area contributed by atoms with Crippen LogP contribution in [0, 0.1) is 0 Å². The molecule has 0 aliphatic carbocycles. The smallest absolute Gasteiger partial charge is 0.387 e. The number of alkyl halides is 2. The van der Waals surface area contributed by atoms with Crippen LogP contribution in [-0.2, 0) is 0 Å². The van der Waals surface area contributed by atoms with Crippen molar-refractivity contribution in [1.29, 1.82) is 0 Å². The third-order valence-electron chi connectivity index (χ3n) is 2.42. The third-order valence-corrected chi connectivity index (χ3v) is 2.93. The van der Waals surface area contributed by atoms with Crippen LogP contribution in [0.3, 0.4) is 0 Å². The average Bonchev–Trinajstić information content (AvgIpc) is 2.43. The fourth-order valence-corrected chi connectivity index (χ4v) is 1.89. The van der Waals surface area contributed by atoms with Crippen LogP contribution < -0.4 is 10.1 Å². The van der Waals surface area contributed by atoms with Gasteiger partial charge in [0.15, 0.2) is 0 Å². The Labute approximate surface area is 128 Å². The van der Waals surface area contributed by atoms with Crippen molar-refractivity contribution in [1.82, 2.24) is 4.98 Å². The number of nitrogens with one attached hydrogen (secondary N) is 1. The second-order valence-corrected chi connectivity index (χ2v) is 4.61. The lowest BCUT2D eigenvalue weighted by Gasteiger charge is -2.12.